The first-order valence-corrected chi connectivity index (χ1v) is 5.86. The maximum absolute atomic E-state index is 11.3. The molecule has 7 heteroatoms. The monoisotopic (exact) mass is 285 g/mol. The van der Waals surface area contributed by atoms with Crippen molar-refractivity contribution in [3.63, 3.8) is 0 Å². The molecule has 0 radical (unpaired) electrons. The van der Waals surface area contributed by atoms with E-state index in [0.717, 1.165) is 6.08 Å². The molecule has 0 fully saturated rings. The van der Waals surface area contributed by atoms with Gasteiger partial charge in [-0.2, -0.15) is 0 Å². The van der Waals surface area contributed by atoms with Crippen molar-refractivity contribution in [1.82, 2.24) is 9.97 Å². The Morgan fingerprint density at radius 3 is 2.48 bits per heavy atom. The Hall–Kier alpha value is -3.22. The highest BCUT2D eigenvalue weighted by molar-refractivity contribution is 5.95. The summed E-state index contributed by atoms with van der Waals surface area (Å²) in [5.74, 6) is -1.43. The molecule has 0 atom stereocenters. The summed E-state index contributed by atoms with van der Waals surface area (Å²) in [6.45, 7) is 0. The molecule has 1 aromatic carbocycles. The van der Waals surface area contributed by atoms with E-state index < -0.39 is 11.9 Å². The van der Waals surface area contributed by atoms with Crippen LogP contribution in [0.1, 0.15) is 15.9 Å². The standard InChI is InChI=1S/C14H11N3O4/c15-13(20)10-3-1-2-4-11(10)21-14-16-7-9(8-17-14)5-6-12(18)19/h1-8H,(H2,15,20)(H,18,19)/b6-5+. The lowest BCUT2D eigenvalue weighted by atomic mass is 10.2. The molecule has 0 saturated carbocycles. The van der Waals surface area contributed by atoms with Gasteiger partial charge in [-0.1, -0.05) is 12.1 Å². The van der Waals surface area contributed by atoms with E-state index in [2.05, 4.69) is 9.97 Å². The summed E-state index contributed by atoms with van der Waals surface area (Å²) < 4.78 is 5.39. The Bertz CT molecular complexity index is 696. The first-order chi connectivity index (χ1) is 10.1. The van der Waals surface area contributed by atoms with Gasteiger partial charge < -0.3 is 15.6 Å². The average molecular weight is 285 g/mol. The summed E-state index contributed by atoms with van der Waals surface area (Å²) in [4.78, 5) is 29.5. The fourth-order valence-corrected chi connectivity index (χ4v) is 1.49. The maximum atomic E-state index is 11.3. The number of para-hydroxylation sites is 1. The van der Waals surface area contributed by atoms with Gasteiger partial charge in [0.15, 0.2) is 0 Å². The van der Waals surface area contributed by atoms with Crippen LogP contribution in [0.15, 0.2) is 42.7 Å². The van der Waals surface area contributed by atoms with Gasteiger partial charge in [0.2, 0.25) is 0 Å². The van der Waals surface area contributed by atoms with Gasteiger partial charge in [-0.25, -0.2) is 14.8 Å². The number of hydrogen-bond acceptors (Lipinski definition) is 5. The van der Waals surface area contributed by atoms with E-state index in [4.69, 9.17) is 15.6 Å². The van der Waals surface area contributed by atoms with Crippen molar-refractivity contribution in [2.24, 2.45) is 5.73 Å². The van der Waals surface area contributed by atoms with Crippen LogP contribution in [0.3, 0.4) is 0 Å². The minimum atomic E-state index is -1.06. The zero-order chi connectivity index (χ0) is 15.2. The van der Waals surface area contributed by atoms with E-state index in [9.17, 15) is 9.59 Å². The first-order valence-electron chi connectivity index (χ1n) is 5.86. The second-order valence-corrected chi connectivity index (χ2v) is 3.93. The molecule has 1 heterocycles. The topological polar surface area (TPSA) is 115 Å². The summed E-state index contributed by atoms with van der Waals surface area (Å²) in [6.07, 6.45) is 5.12. The average Bonchev–Trinajstić information content (AvgIpc) is 2.47. The van der Waals surface area contributed by atoms with Crippen LogP contribution in [0.2, 0.25) is 0 Å². The van der Waals surface area contributed by atoms with Crippen LogP contribution >= 0.6 is 0 Å². The second kappa shape index (κ2) is 6.29. The SMILES string of the molecule is NC(=O)c1ccccc1Oc1ncc(/C=C/C(=O)O)cn1. The van der Waals surface area contributed by atoms with Gasteiger partial charge in [-0.15, -0.1) is 0 Å². The third-order valence-corrected chi connectivity index (χ3v) is 2.42. The van der Waals surface area contributed by atoms with E-state index in [1.165, 1.54) is 24.5 Å². The Morgan fingerprint density at radius 2 is 1.86 bits per heavy atom. The lowest BCUT2D eigenvalue weighted by molar-refractivity contribution is -0.131. The number of carbonyl (C=O) groups is 2. The van der Waals surface area contributed by atoms with Gasteiger partial charge in [0.1, 0.15) is 5.75 Å². The van der Waals surface area contributed by atoms with Crippen molar-refractivity contribution < 1.29 is 19.4 Å². The molecule has 0 aliphatic heterocycles. The van der Waals surface area contributed by atoms with Crippen LogP contribution < -0.4 is 10.5 Å². The highest BCUT2D eigenvalue weighted by atomic mass is 16.5. The zero-order valence-corrected chi connectivity index (χ0v) is 10.8. The van der Waals surface area contributed by atoms with Crippen molar-refractivity contribution in [2.75, 3.05) is 0 Å². The van der Waals surface area contributed by atoms with Crippen LogP contribution in [-0.4, -0.2) is 27.0 Å². The predicted octanol–water partition coefficient (Wildman–Crippen LogP) is 1.47. The zero-order valence-electron chi connectivity index (χ0n) is 10.8. The normalized spacial score (nSPS) is 10.5. The molecule has 2 rings (SSSR count). The number of benzene rings is 1. The molecule has 7 nitrogen and oxygen atoms in total. The molecule has 0 aliphatic carbocycles. The van der Waals surface area contributed by atoms with Crippen molar-refractivity contribution >= 4 is 18.0 Å². The fourth-order valence-electron chi connectivity index (χ4n) is 1.49. The lowest BCUT2D eigenvalue weighted by Crippen LogP contribution is -2.12. The molecular formula is C14H11N3O4. The van der Waals surface area contributed by atoms with Gasteiger partial charge in [0.25, 0.3) is 5.91 Å². The van der Waals surface area contributed by atoms with Gasteiger partial charge in [0, 0.05) is 24.0 Å². The van der Waals surface area contributed by atoms with Crippen molar-refractivity contribution in [2.45, 2.75) is 0 Å². The highest BCUT2D eigenvalue weighted by Gasteiger charge is 2.10. The van der Waals surface area contributed by atoms with Crippen LogP contribution in [0, 0.1) is 0 Å². The van der Waals surface area contributed by atoms with E-state index >= 15 is 0 Å². The van der Waals surface area contributed by atoms with E-state index in [1.807, 2.05) is 0 Å². The molecule has 0 aliphatic rings. The molecular weight excluding hydrogens is 274 g/mol. The van der Waals surface area contributed by atoms with E-state index in [0.29, 0.717) is 5.56 Å². The molecule has 1 amide bonds. The third kappa shape index (κ3) is 3.87. The number of carboxylic acids is 1. The number of hydrogen-bond donors (Lipinski definition) is 2. The summed E-state index contributed by atoms with van der Waals surface area (Å²) in [5, 5.41) is 8.51. The minimum absolute atomic E-state index is 0.0242. The van der Waals surface area contributed by atoms with Crippen molar-refractivity contribution in [3.8, 4) is 11.8 Å². The van der Waals surface area contributed by atoms with Gasteiger partial charge >= 0.3 is 12.0 Å². The Morgan fingerprint density at radius 1 is 1.19 bits per heavy atom. The number of ether oxygens (including phenoxy) is 1. The largest absolute Gasteiger partial charge is 0.478 e. The number of nitrogens with zero attached hydrogens (tertiary/aromatic N) is 2. The van der Waals surface area contributed by atoms with Crippen molar-refractivity contribution in [1.29, 1.82) is 0 Å². The first kappa shape index (κ1) is 14.2. The van der Waals surface area contributed by atoms with Gasteiger partial charge in [-0.05, 0) is 18.2 Å². The summed E-state index contributed by atoms with van der Waals surface area (Å²) in [5.41, 5.74) is 5.96. The molecule has 2 aromatic rings. The molecule has 0 bridgehead atoms. The third-order valence-electron chi connectivity index (χ3n) is 2.42. The van der Waals surface area contributed by atoms with Crippen LogP contribution in [0.4, 0.5) is 0 Å². The number of carbonyl (C=O) groups excluding carboxylic acids is 1. The number of aromatic nitrogens is 2. The molecule has 0 spiro atoms. The maximum Gasteiger partial charge on any atom is 0.328 e. The second-order valence-electron chi connectivity index (χ2n) is 3.93. The van der Waals surface area contributed by atoms with Crippen LogP contribution in [-0.2, 0) is 4.79 Å². The van der Waals surface area contributed by atoms with E-state index in [1.54, 1.807) is 18.2 Å². The summed E-state index contributed by atoms with van der Waals surface area (Å²) >= 11 is 0. The highest BCUT2D eigenvalue weighted by Crippen LogP contribution is 2.22. The number of aliphatic carboxylic acids is 1. The summed E-state index contributed by atoms with van der Waals surface area (Å²) in [6, 6.07) is 6.47. The van der Waals surface area contributed by atoms with Gasteiger partial charge in [-0.3, -0.25) is 4.79 Å². The molecule has 1 aromatic heterocycles. The molecule has 21 heavy (non-hydrogen) atoms. The number of primary amides is 1. The smallest absolute Gasteiger partial charge is 0.328 e. The Labute approximate surface area is 119 Å². The lowest BCUT2D eigenvalue weighted by Gasteiger charge is -2.06. The quantitative estimate of drug-likeness (QED) is 0.803. The number of rotatable bonds is 5. The van der Waals surface area contributed by atoms with Crippen LogP contribution in [0.5, 0.6) is 11.8 Å². The molecule has 106 valence electrons. The minimum Gasteiger partial charge on any atom is -0.478 e. The molecule has 3 N–H and O–H groups in total. The molecule has 0 saturated heterocycles. The van der Waals surface area contributed by atoms with Crippen LogP contribution in [0.25, 0.3) is 6.08 Å². The summed E-state index contributed by atoms with van der Waals surface area (Å²) in [7, 11) is 0. The molecule has 0 unspecified atom stereocenters. The Kier molecular flexibility index (Phi) is 4.25. The number of carboxylic acid groups (broad SMARTS) is 1. The number of amides is 1. The van der Waals surface area contributed by atoms with E-state index in [-0.39, 0.29) is 17.3 Å². The Balaban J connectivity index is 2.18. The number of nitrogens with two attached hydrogens (primary N) is 1. The van der Waals surface area contributed by atoms with Gasteiger partial charge in [0.05, 0.1) is 5.56 Å². The van der Waals surface area contributed by atoms with Crippen molar-refractivity contribution in [3.05, 3.63) is 53.9 Å². The predicted molar refractivity (Wildman–Crippen MR) is 73.7 cm³/mol. The fraction of sp³-hybridized carbons (Fsp3) is 0.